The first-order chi connectivity index (χ1) is 7.84. The molecule has 0 aromatic carbocycles. The van der Waals surface area contributed by atoms with E-state index in [0.717, 1.165) is 4.73 Å². The number of amidine groups is 1. The van der Waals surface area contributed by atoms with Crippen molar-refractivity contribution < 1.29 is 0 Å². The number of hydrogen-bond acceptors (Lipinski definition) is 1. The predicted molar refractivity (Wildman–Crippen MR) is 70.1 cm³/mol. The molecule has 0 spiro atoms. The quantitative estimate of drug-likeness (QED) is 0.471. The zero-order valence-electron chi connectivity index (χ0n) is 10.1. The molecule has 2 fully saturated rings. The molecule has 91 valence electrons. The van der Waals surface area contributed by atoms with Crippen molar-refractivity contribution >= 4 is 20.7 Å². The van der Waals surface area contributed by atoms with Crippen LogP contribution in [0.2, 0.25) is 0 Å². The van der Waals surface area contributed by atoms with E-state index in [1.165, 1.54) is 64.2 Å². The molecule has 0 atom stereocenters. The van der Waals surface area contributed by atoms with Crippen LogP contribution >= 0.6 is 0 Å². The zero-order chi connectivity index (χ0) is 11.2. The van der Waals surface area contributed by atoms with Gasteiger partial charge >= 0.3 is 107 Å². The summed E-state index contributed by atoms with van der Waals surface area (Å²) in [5.41, 5.74) is 0. The van der Waals surface area contributed by atoms with E-state index in [4.69, 9.17) is 4.99 Å². The summed E-state index contributed by atoms with van der Waals surface area (Å²) in [6.45, 7) is 0. The van der Waals surface area contributed by atoms with E-state index in [0.29, 0.717) is 12.1 Å². The van der Waals surface area contributed by atoms with Crippen LogP contribution in [0.1, 0.15) is 64.2 Å². The number of aliphatic imine (C=N–C) groups is 1. The van der Waals surface area contributed by atoms with Crippen LogP contribution in [0.3, 0.4) is 0 Å². The maximum atomic E-state index is 4.78. The first-order valence-electron chi connectivity index (χ1n) is 6.86. The molecule has 0 heterocycles. The summed E-state index contributed by atoms with van der Waals surface area (Å²) in [5, 5.41) is 3.56. The van der Waals surface area contributed by atoms with Gasteiger partial charge < -0.3 is 0 Å². The van der Waals surface area contributed by atoms with Gasteiger partial charge in [-0.3, -0.25) is 0 Å². The molecule has 0 aromatic heterocycles. The van der Waals surface area contributed by atoms with Gasteiger partial charge in [0.05, 0.1) is 0 Å². The van der Waals surface area contributed by atoms with Gasteiger partial charge in [-0.1, -0.05) is 0 Å². The zero-order valence-corrected chi connectivity index (χ0v) is 11.8. The van der Waals surface area contributed by atoms with Crippen molar-refractivity contribution in [1.82, 2.24) is 5.32 Å². The molecule has 2 aliphatic rings. The van der Waals surface area contributed by atoms with Gasteiger partial charge in [0.2, 0.25) is 0 Å². The van der Waals surface area contributed by atoms with Crippen LogP contribution in [0, 0.1) is 0 Å². The molecule has 2 aliphatic carbocycles. The van der Waals surface area contributed by atoms with Gasteiger partial charge in [-0.25, -0.2) is 0 Å². The Balaban J connectivity index is 1.76. The second-order valence-electron chi connectivity index (χ2n) is 5.21. The van der Waals surface area contributed by atoms with Crippen LogP contribution in [-0.4, -0.2) is 32.8 Å². The van der Waals surface area contributed by atoms with Gasteiger partial charge in [0, 0.05) is 0 Å². The summed E-state index contributed by atoms with van der Waals surface area (Å²) in [7, 11) is 0. The van der Waals surface area contributed by atoms with Crippen molar-refractivity contribution in [2.75, 3.05) is 0 Å². The second-order valence-corrected chi connectivity index (χ2v) is 6.02. The first-order valence-corrected chi connectivity index (χ1v) is 7.71. The molecule has 0 amide bonds. The summed E-state index contributed by atoms with van der Waals surface area (Å²) in [6, 6.07) is 1.26. The molecule has 2 saturated carbocycles. The molecular weight excluding hydrogens is 263 g/mol. The van der Waals surface area contributed by atoms with Crippen LogP contribution in [-0.2, 0) is 0 Å². The van der Waals surface area contributed by atoms with E-state index in [9.17, 15) is 0 Å². The van der Waals surface area contributed by atoms with Crippen molar-refractivity contribution in [3.8, 4) is 0 Å². The van der Waals surface area contributed by atoms with E-state index in [1.54, 1.807) is 0 Å². The summed E-state index contributed by atoms with van der Waals surface area (Å²) in [5.74, 6) is 0. The summed E-state index contributed by atoms with van der Waals surface area (Å²) >= 11 is 3.11. The molecule has 0 aromatic rings. The summed E-state index contributed by atoms with van der Waals surface area (Å²) in [6.07, 6.45) is 13.6. The van der Waals surface area contributed by atoms with Crippen LogP contribution < -0.4 is 5.32 Å². The Hall–Kier alpha value is -0.0105. The van der Waals surface area contributed by atoms with Gasteiger partial charge in [-0.2, -0.15) is 0 Å². The van der Waals surface area contributed by atoms with Crippen LogP contribution in [0.25, 0.3) is 0 Å². The molecule has 1 radical (unpaired) electrons. The number of nitrogens with one attached hydrogen (secondary N) is 1. The normalized spacial score (nSPS) is 25.6. The van der Waals surface area contributed by atoms with Gasteiger partial charge in [0.25, 0.3) is 0 Å². The predicted octanol–water partition coefficient (Wildman–Crippen LogP) is 2.77. The topological polar surface area (TPSA) is 24.4 Å². The number of hydrogen-bond donors (Lipinski definition) is 1. The maximum absolute atomic E-state index is 4.78. The minimum absolute atomic E-state index is 0.584. The molecule has 1 N–H and O–H groups in total. The van der Waals surface area contributed by atoms with Crippen LogP contribution in [0.4, 0.5) is 0 Å². The van der Waals surface area contributed by atoms with E-state index < -0.39 is 0 Å². The fourth-order valence-corrected chi connectivity index (χ4v) is 3.50. The number of nitrogens with zero attached hydrogens (tertiary/aromatic N) is 1. The van der Waals surface area contributed by atoms with Crippen LogP contribution in [0.15, 0.2) is 4.99 Å². The monoisotopic (exact) mass is 287 g/mol. The molecule has 0 unspecified atom stereocenters. The summed E-state index contributed by atoms with van der Waals surface area (Å²) in [4.78, 5) is 4.78. The Morgan fingerprint density at radius 1 is 0.875 bits per heavy atom. The van der Waals surface area contributed by atoms with E-state index in [-0.39, 0.29) is 0 Å². The Morgan fingerprint density at radius 2 is 1.44 bits per heavy atom. The average Bonchev–Trinajstić information content (AvgIpc) is 2.31. The van der Waals surface area contributed by atoms with Crippen molar-refractivity contribution in [3.63, 3.8) is 0 Å². The van der Waals surface area contributed by atoms with Crippen molar-refractivity contribution in [3.05, 3.63) is 0 Å². The van der Waals surface area contributed by atoms with Crippen molar-refractivity contribution in [1.29, 1.82) is 0 Å². The SMILES string of the molecule is [Se]C(=NC1CCCCC1)NC1CCCCC1. The molecule has 16 heavy (non-hydrogen) atoms. The van der Waals surface area contributed by atoms with Crippen molar-refractivity contribution in [2.24, 2.45) is 4.99 Å². The third-order valence-electron chi connectivity index (χ3n) is 3.81. The second kappa shape index (κ2) is 6.66. The molecule has 3 heteroatoms. The van der Waals surface area contributed by atoms with E-state index >= 15 is 0 Å². The van der Waals surface area contributed by atoms with Crippen molar-refractivity contribution in [2.45, 2.75) is 76.3 Å². The van der Waals surface area contributed by atoms with E-state index in [2.05, 4.69) is 21.3 Å². The standard InChI is InChI=1S/C13H23N2Se/c16-13(14-11-7-3-1-4-8-11)15-12-9-5-2-6-10-12/h11-12H,1-10H2,(H,14,15). The molecule has 0 aliphatic heterocycles. The Labute approximate surface area is 107 Å². The fourth-order valence-electron chi connectivity index (χ4n) is 2.83. The van der Waals surface area contributed by atoms with Gasteiger partial charge in [0.1, 0.15) is 0 Å². The Bertz CT molecular complexity index is 228. The van der Waals surface area contributed by atoms with E-state index in [1.807, 2.05) is 0 Å². The summed E-state index contributed by atoms with van der Waals surface area (Å²) < 4.78 is 1.07. The van der Waals surface area contributed by atoms with Gasteiger partial charge in [-0.05, 0) is 0 Å². The minimum atomic E-state index is 0.584. The molecule has 0 saturated heterocycles. The third kappa shape index (κ3) is 4.10. The molecule has 2 nitrogen and oxygen atoms in total. The molecular formula is C13H23N2Se. The fraction of sp³-hybridized carbons (Fsp3) is 0.923. The van der Waals surface area contributed by atoms with Crippen LogP contribution in [0.5, 0.6) is 0 Å². The number of rotatable bonds is 2. The molecule has 2 rings (SSSR count). The molecule has 0 bridgehead atoms. The Kier molecular flexibility index (Phi) is 5.18. The first kappa shape index (κ1) is 12.4. The Morgan fingerprint density at radius 3 is 2.06 bits per heavy atom. The third-order valence-corrected chi connectivity index (χ3v) is 4.28. The van der Waals surface area contributed by atoms with Gasteiger partial charge in [0.15, 0.2) is 0 Å². The average molecular weight is 286 g/mol. The van der Waals surface area contributed by atoms with Gasteiger partial charge in [-0.15, -0.1) is 0 Å².